The summed E-state index contributed by atoms with van der Waals surface area (Å²) in [5.41, 5.74) is 4.62. The third-order valence-corrected chi connectivity index (χ3v) is 8.11. The summed E-state index contributed by atoms with van der Waals surface area (Å²) in [6.07, 6.45) is 10.3. The van der Waals surface area contributed by atoms with E-state index in [4.69, 9.17) is 9.47 Å². The molecule has 0 bridgehead atoms. The van der Waals surface area contributed by atoms with Gasteiger partial charge in [0.2, 0.25) is 0 Å². The Balaban J connectivity index is 1.82. The van der Waals surface area contributed by atoms with Crippen LogP contribution in [0, 0.1) is 12.8 Å². The van der Waals surface area contributed by atoms with Crippen LogP contribution in [0.5, 0.6) is 0 Å². The molecule has 1 saturated carbocycles. The number of amides is 1. The van der Waals surface area contributed by atoms with Crippen molar-refractivity contribution in [1.29, 1.82) is 0 Å². The average Bonchev–Trinajstić information content (AvgIpc) is 2.94. The molecule has 2 aromatic rings. The average molecular weight is 541 g/mol. The zero-order valence-electron chi connectivity index (χ0n) is 23.4. The topological polar surface area (TPSA) is 76.7 Å². The van der Waals surface area contributed by atoms with Crippen molar-refractivity contribution in [1.82, 2.24) is 10.6 Å². The summed E-state index contributed by atoms with van der Waals surface area (Å²) in [7, 11) is 3.12. The van der Waals surface area contributed by atoms with Crippen molar-refractivity contribution in [2.75, 3.05) is 32.8 Å². The summed E-state index contributed by atoms with van der Waals surface area (Å²) in [6.45, 7) is 3.43. The van der Waals surface area contributed by atoms with Crippen LogP contribution in [0.15, 0.2) is 42.5 Å². The van der Waals surface area contributed by atoms with Gasteiger partial charge in [0.1, 0.15) is 6.04 Å². The normalized spacial score (nSPS) is 15.6. The van der Waals surface area contributed by atoms with Gasteiger partial charge in [-0.1, -0.05) is 62.4 Å². The Kier molecular flexibility index (Phi) is 12.6. The van der Waals surface area contributed by atoms with E-state index in [0.717, 1.165) is 40.3 Å². The molecule has 0 saturated heterocycles. The highest BCUT2D eigenvalue weighted by molar-refractivity contribution is 7.98. The number of carbonyl (C=O) groups excluding carboxylic acids is 2. The van der Waals surface area contributed by atoms with Crippen LogP contribution < -0.4 is 10.6 Å². The number of benzene rings is 2. The molecule has 3 rings (SSSR count). The highest BCUT2D eigenvalue weighted by Gasteiger charge is 2.24. The smallest absolute Gasteiger partial charge is 0.328 e. The summed E-state index contributed by atoms with van der Waals surface area (Å²) in [4.78, 5) is 25.8. The first-order valence-corrected chi connectivity index (χ1v) is 15.1. The lowest BCUT2D eigenvalue weighted by Crippen LogP contribution is -2.42. The van der Waals surface area contributed by atoms with E-state index in [0.29, 0.717) is 31.2 Å². The molecular weight excluding hydrogens is 496 g/mol. The second-order valence-electron chi connectivity index (χ2n) is 10.3. The van der Waals surface area contributed by atoms with E-state index in [-0.39, 0.29) is 5.91 Å². The minimum absolute atomic E-state index is 0.270. The molecule has 0 heterocycles. The van der Waals surface area contributed by atoms with Crippen LogP contribution in [0.25, 0.3) is 11.1 Å². The first kappa shape index (κ1) is 30.2. The largest absolute Gasteiger partial charge is 0.467 e. The van der Waals surface area contributed by atoms with Gasteiger partial charge < -0.3 is 20.1 Å². The predicted octanol–water partition coefficient (Wildman–Crippen LogP) is 5.76. The van der Waals surface area contributed by atoms with E-state index < -0.39 is 12.0 Å². The predicted molar refractivity (Wildman–Crippen MR) is 157 cm³/mol. The molecule has 1 fully saturated rings. The number of ether oxygens (including phenoxy) is 2. The maximum Gasteiger partial charge on any atom is 0.328 e. The van der Waals surface area contributed by atoms with Crippen molar-refractivity contribution >= 4 is 23.6 Å². The second-order valence-corrected chi connectivity index (χ2v) is 11.3. The van der Waals surface area contributed by atoms with Gasteiger partial charge in [-0.05, 0) is 72.1 Å². The second kappa shape index (κ2) is 15.9. The van der Waals surface area contributed by atoms with Gasteiger partial charge in [0.15, 0.2) is 0 Å². The van der Waals surface area contributed by atoms with Crippen molar-refractivity contribution in [2.45, 2.75) is 70.5 Å². The molecular formula is C31H44N2O4S. The third-order valence-electron chi connectivity index (χ3n) is 7.47. The summed E-state index contributed by atoms with van der Waals surface area (Å²) < 4.78 is 10.5. The molecule has 0 aromatic heterocycles. The van der Waals surface area contributed by atoms with Gasteiger partial charge >= 0.3 is 5.97 Å². The Morgan fingerprint density at radius 3 is 2.50 bits per heavy atom. The number of methoxy groups -OCH3 is 2. The molecule has 0 unspecified atom stereocenters. The standard InChI is InChI=1S/C31H44N2O4S/c1-22-10-8-9-13-26(22)28-19-24(20-32-25(21-36-2)18-23-11-6-5-7-12-23)14-15-27(28)30(34)33-29(16-17-38-4)31(35)37-3/h8-10,13-15,19,23,25,29,32H,5-7,11-12,16-18,20-21H2,1-4H3,(H,33,34)/t25-,29-/m0/s1. The van der Waals surface area contributed by atoms with E-state index in [1.807, 2.05) is 36.6 Å². The zero-order valence-corrected chi connectivity index (χ0v) is 24.2. The lowest BCUT2D eigenvalue weighted by atomic mass is 9.85. The van der Waals surface area contributed by atoms with Crippen molar-refractivity contribution in [3.05, 3.63) is 59.2 Å². The minimum atomic E-state index is -0.680. The molecule has 2 atom stereocenters. The van der Waals surface area contributed by atoms with Crippen molar-refractivity contribution < 1.29 is 19.1 Å². The van der Waals surface area contributed by atoms with Gasteiger partial charge in [-0.3, -0.25) is 4.79 Å². The van der Waals surface area contributed by atoms with Crippen molar-refractivity contribution in [2.24, 2.45) is 5.92 Å². The third kappa shape index (κ3) is 8.85. The molecule has 2 aromatic carbocycles. The Bertz CT molecular complexity index is 1040. The molecule has 208 valence electrons. The van der Waals surface area contributed by atoms with E-state index in [1.165, 1.54) is 39.2 Å². The molecule has 2 N–H and O–H groups in total. The van der Waals surface area contributed by atoms with Crippen molar-refractivity contribution in [3.63, 3.8) is 0 Å². The highest BCUT2D eigenvalue weighted by Crippen LogP contribution is 2.30. The van der Waals surface area contributed by atoms with Crippen LogP contribution in [0.1, 0.15) is 66.4 Å². The molecule has 1 aliphatic rings. The van der Waals surface area contributed by atoms with Gasteiger partial charge in [0.05, 0.1) is 13.7 Å². The zero-order chi connectivity index (χ0) is 27.3. The van der Waals surface area contributed by atoms with Crippen molar-refractivity contribution in [3.8, 4) is 11.1 Å². The molecule has 0 radical (unpaired) electrons. The fraction of sp³-hybridized carbons (Fsp3) is 0.548. The number of esters is 1. The molecule has 1 amide bonds. The van der Waals surface area contributed by atoms with Crippen LogP contribution in [-0.4, -0.2) is 56.8 Å². The Morgan fingerprint density at radius 1 is 1.05 bits per heavy atom. The van der Waals surface area contributed by atoms with E-state index in [2.05, 4.69) is 29.7 Å². The highest BCUT2D eigenvalue weighted by atomic mass is 32.2. The fourth-order valence-electron chi connectivity index (χ4n) is 5.36. The quantitative estimate of drug-likeness (QED) is 0.297. The molecule has 0 aliphatic heterocycles. The van der Waals surface area contributed by atoms with Gasteiger partial charge in [0, 0.05) is 25.3 Å². The number of nitrogens with one attached hydrogen (secondary N) is 2. The number of rotatable bonds is 14. The van der Waals surface area contributed by atoms with Gasteiger partial charge in [-0.25, -0.2) is 4.79 Å². The first-order chi connectivity index (χ1) is 18.5. The number of hydrogen-bond donors (Lipinski definition) is 2. The fourth-order valence-corrected chi connectivity index (χ4v) is 5.83. The first-order valence-electron chi connectivity index (χ1n) is 13.8. The summed E-state index contributed by atoms with van der Waals surface area (Å²) in [5, 5.41) is 6.64. The van der Waals surface area contributed by atoms with Crippen LogP contribution in [-0.2, 0) is 20.8 Å². The molecule has 7 heteroatoms. The van der Waals surface area contributed by atoms with Crippen LogP contribution in [0.2, 0.25) is 0 Å². The maximum absolute atomic E-state index is 13.5. The summed E-state index contributed by atoms with van der Waals surface area (Å²) in [5.74, 6) is 0.819. The van der Waals surface area contributed by atoms with Crippen LogP contribution in [0.3, 0.4) is 0 Å². The number of carbonyl (C=O) groups is 2. The monoisotopic (exact) mass is 540 g/mol. The number of hydrogen-bond acceptors (Lipinski definition) is 6. The molecule has 38 heavy (non-hydrogen) atoms. The van der Waals surface area contributed by atoms with Gasteiger partial charge in [-0.15, -0.1) is 0 Å². The lowest BCUT2D eigenvalue weighted by Gasteiger charge is -2.27. The van der Waals surface area contributed by atoms with Gasteiger partial charge in [0.25, 0.3) is 5.91 Å². The summed E-state index contributed by atoms with van der Waals surface area (Å²) >= 11 is 1.63. The number of aryl methyl sites for hydroxylation is 1. The number of thioether (sulfide) groups is 1. The Morgan fingerprint density at radius 2 is 1.82 bits per heavy atom. The van der Waals surface area contributed by atoms with E-state index in [9.17, 15) is 9.59 Å². The van der Waals surface area contributed by atoms with Crippen LogP contribution >= 0.6 is 11.8 Å². The Hall–Kier alpha value is -2.35. The molecule has 6 nitrogen and oxygen atoms in total. The van der Waals surface area contributed by atoms with Crippen LogP contribution in [0.4, 0.5) is 0 Å². The van der Waals surface area contributed by atoms with E-state index in [1.54, 1.807) is 18.9 Å². The maximum atomic E-state index is 13.5. The lowest BCUT2D eigenvalue weighted by molar-refractivity contribution is -0.142. The summed E-state index contributed by atoms with van der Waals surface area (Å²) in [6, 6.07) is 13.7. The minimum Gasteiger partial charge on any atom is -0.467 e. The van der Waals surface area contributed by atoms with Gasteiger partial charge in [-0.2, -0.15) is 11.8 Å². The van der Waals surface area contributed by atoms with E-state index >= 15 is 0 Å². The SMILES string of the molecule is COC[C@H](CC1CCCCC1)NCc1ccc(C(=O)N[C@@H](CCSC)C(=O)OC)c(-c2ccccc2C)c1. The molecule has 0 spiro atoms. The Labute approximate surface area is 232 Å². The molecule has 1 aliphatic carbocycles.